The lowest BCUT2D eigenvalue weighted by atomic mass is 10.2. The normalized spacial score (nSPS) is 11.1. The molecule has 29 heavy (non-hydrogen) atoms. The van der Waals surface area contributed by atoms with Crippen LogP contribution >= 0.6 is 0 Å². The maximum Gasteiger partial charge on any atom is 0.267 e. The summed E-state index contributed by atoms with van der Waals surface area (Å²) in [6.45, 7) is 1.42. The van der Waals surface area contributed by atoms with Crippen molar-refractivity contribution in [2.75, 3.05) is 12.4 Å². The Hall–Kier alpha value is -3.46. The molecule has 1 amide bonds. The van der Waals surface area contributed by atoms with Crippen LogP contribution in [-0.2, 0) is 21.2 Å². The van der Waals surface area contributed by atoms with Gasteiger partial charge in [-0.15, -0.1) is 0 Å². The number of carbonyl (C=O) groups excluding carboxylic acids is 1. The van der Waals surface area contributed by atoms with E-state index in [-0.39, 0.29) is 9.92 Å². The molecule has 0 saturated heterocycles. The number of nitrogens with zero attached hydrogens (tertiary/aromatic N) is 2. The molecule has 0 radical (unpaired) electrons. The van der Waals surface area contributed by atoms with Crippen molar-refractivity contribution in [2.24, 2.45) is 0 Å². The molecule has 0 bridgehead atoms. The number of ether oxygens (including phenoxy) is 1. The van der Waals surface area contributed by atoms with Crippen molar-refractivity contribution in [3.05, 3.63) is 76.6 Å². The summed E-state index contributed by atoms with van der Waals surface area (Å²) in [5.41, 5.74) is 0.835. The Morgan fingerprint density at radius 2 is 1.69 bits per heavy atom. The second kappa shape index (κ2) is 8.27. The van der Waals surface area contributed by atoms with Gasteiger partial charge < -0.3 is 10.1 Å². The molecular formula is C20H19N3O5S. The highest BCUT2D eigenvalue weighted by Crippen LogP contribution is 2.18. The lowest BCUT2D eigenvalue weighted by molar-refractivity contribution is -0.117. The number of nitrogens with one attached hydrogen (secondary N) is 1. The maximum atomic E-state index is 12.8. The van der Waals surface area contributed by atoms with E-state index in [2.05, 4.69) is 10.4 Å². The van der Waals surface area contributed by atoms with Gasteiger partial charge in [0.05, 0.1) is 12.0 Å². The minimum absolute atomic E-state index is 0.0588. The van der Waals surface area contributed by atoms with Gasteiger partial charge in [0, 0.05) is 11.8 Å². The third-order valence-corrected chi connectivity index (χ3v) is 5.78. The van der Waals surface area contributed by atoms with Gasteiger partial charge >= 0.3 is 0 Å². The van der Waals surface area contributed by atoms with Crippen LogP contribution < -0.4 is 15.6 Å². The summed E-state index contributed by atoms with van der Waals surface area (Å²) in [5.74, 6) is 0.115. The van der Waals surface area contributed by atoms with Gasteiger partial charge in [-0.2, -0.15) is 5.10 Å². The van der Waals surface area contributed by atoms with E-state index in [0.717, 1.165) is 22.4 Å². The van der Waals surface area contributed by atoms with Crippen LogP contribution in [0.15, 0.2) is 75.4 Å². The Bertz CT molecular complexity index is 1180. The van der Waals surface area contributed by atoms with Crippen molar-refractivity contribution in [1.82, 2.24) is 9.78 Å². The van der Waals surface area contributed by atoms with Gasteiger partial charge in [0.1, 0.15) is 12.3 Å². The Morgan fingerprint density at radius 1 is 1.03 bits per heavy atom. The first-order valence-corrected chi connectivity index (χ1v) is 10.1. The number of aromatic nitrogens is 2. The fourth-order valence-corrected chi connectivity index (χ4v) is 3.72. The largest absolute Gasteiger partial charge is 0.497 e. The molecule has 3 aromatic rings. The molecule has 2 aromatic carbocycles. The number of hydrogen-bond acceptors (Lipinski definition) is 6. The van der Waals surface area contributed by atoms with E-state index >= 15 is 0 Å². The van der Waals surface area contributed by atoms with Crippen LogP contribution in [0.2, 0.25) is 0 Å². The summed E-state index contributed by atoms with van der Waals surface area (Å²) in [6, 6.07) is 15.1. The minimum atomic E-state index is -3.91. The number of aryl methyl sites for hydroxylation is 1. The monoisotopic (exact) mass is 413 g/mol. The SMILES string of the molecule is COc1ccc(NC(=O)Cn2nc(S(=O)(=O)c3ccc(C)cc3)ccc2=O)cc1. The Morgan fingerprint density at radius 3 is 2.31 bits per heavy atom. The second-order valence-electron chi connectivity index (χ2n) is 6.26. The van der Waals surface area contributed by atoms with Crippen LogP contribution in [0.3, 0.4) is 0 Å². The topological polar surface area (TPSA) is 107 Å². The average Bonchev–Trinajstić information content (AvgIpc) is 2.70. The molecule has 150 valence electrons. The summed E-state index contributed by atoms with van der Waals surface area (Å²) in [6.07, 6.45) is 0. The zero-order valence-corrected chi connectivity index (χ0v) is 16.6. The minimum Gasteiger partial charge on any atom is -0.497 e. The van der Waals surface area contributed by atoms with Gasteiger partial charge in [-0.25, -0.2) is 13.1 Å². The summed E-state index contributed by atoms with van der Waals surface area (Å²) in [4.78, 5) is 24.4. The van der Waals surface area contributed by atoms with Gasteiger partial charge in [-0.1, -0.05) is 17.7 Å². The van der Waals surface area contributed by atoms with Crippen LogP contribution in [0.1, 0.15) is 5.56 Å². The molecule has 0 fully saturated rings. The second-order valence-corrected chi connectivity index (χ2v) is 8.16. The van der Waals surface area contributed by atoms with E-state index in [1.165, 1.54) is 19.2 Å². The lowest BCUT2D eigenvalue weighted by Gasteiger charge is -2.09. The standard InChI is InChI=1S/C20H19N3O5S/c1-14-3-9-17(10-4-14)29(26,27)19-11-12-20(25)23(22-19)13-18(24)21-15-5-7-16(28-2)8-6-15/h3-12H,13H2,1-2H3,(H,21,24). The van der Waals surface area contributed by atoms with Gasteiger partial charge in [0.25, 0.3) is 5.56 Å². The van der Waals surface area contributed by atoms with Crippen molar-refractivity contribution < 1.29 is 17.9 Å². The van der Waals surface area contributed by atoms with Crippen molar-refractivity contribution in [3.63, 3.8) is 0 Å². The fraction of sp³-hybridized carbons (Fsp3) is 0.150. The molecule has 9 heteroatoms. The Balaban J connectivity index is 1.82. The number of rotatable bonds is 6. The summed E-state index contributed by atoms with van der Waals surface area (Å²) in [5, 5.41) is 6.20. The summed E-state index contributed by atoms with van der Waals surface area (Å²) >= 11 is 0. The molecule has 1 aromatic heterocycles. The van der Waals surface area contributed by atoms with Crippen molar-refractivity contribution >= 4 is 21.4 Å². The van der Waals surface area contributed by atoms with Crippen LogP contribution in [-0.4, -0.2) is 31.2 Å². The maximum absolute atomic E-state index is 12.8. The highest BCUT2D eigenvalue weighted by molar-refractivity contribution is 7.91. The van der Waals surface area contributed by atoms with E-state index in [9.17, 15) is 18.0 Å². The molecule has 1 heterocycles. The van der Waals surface area contributed by atoms with Gasteiger partial charge in [-0.05, 0) is 49.4 Å². The van der Waals surface area contributed by atoms with E-state index in [0.29, 0.717) is 11.4 Å². The molecule has 8 nitrogen and oxygen atoms in total. The van der Waals surface area contributed by atoms with E-state index in [1.54, 1.807) is 36.4 Å². The van der Waals surface area contributed by atoms with E-state index < -0.39 is 27.8 Å². The first-order valence-electron chi connectivity index (χ1n) is 8.63. The average molecular weight is 413 g/mol. The molecule has 0 atom stereocenters. The third kappa shape index (κ3) is 4.69. The van der Waals surface area contributed by atoms with Crippen LogP contribution in [0.5, 0.6) is 5.75 Å². The molecule has 0 unspecified atom stereocenters. The van der Waals surface area contributed by atoms with Crippen molar-refractivity contribution in [3.8, 4) is 5.75 Å². The predicted octanol–water partition coefficient (Wildman–Crippen LogP) is 2.03. The summed E-state index contributed by atoms with van der Waals surface area (Å²) in [7, 11) is -2.38. The highest BCUT2D eigenvalue weighted by Gasteiger charge is 2.21. The predicted molar refractivity (Wildman–Crippen MR) is 107 cm³/mol. The van der Waals surface area contributed by atoms with Gasteiger partial charge in [-0.3, -0.25) is 9.59 Å². The van der Waals surface area contributed by atoms with Crippen LogP contribution in [0.25, 0.3) is 0 Å². The van der Waals surface area contributed by atoms with E-state index in [4.69, 9.17) is 4.74 Å². The zero-order valence-electron chi connectivity index (χ0n) is 15.8. The van der Waals surface area contributed by atoms with E-state index in [1.807, 2.05) is 6.92 Å². The molecule has 1 N–H and O–H groups in total. The molecule has 0 saturated carbocycles. The number of anilines is 1. The molecule has 0 aliphatic heterocycles. The van der Waals surface area contributed by atoms with Crippen molar-refractivity contribution in [1.29, 1.82) is 0 Å². The first kappa shape index (κ1) is 20.3. The molecule has 0 aliphatic carbocycles. The number of benzene rings is 2. The number of sulfone groups is 1. The smallest absolute Gasteiger partial charge is 0.267 e. The third-order valence-electron chi connectivity index (χ3n) is 4.12. The Kier molecular flexibility index (Phi) is 5.79. The molecular weight excluding hydrogens is 394 g/mol. The van der Waals surface area contributed by atoms with Crippen LogP contribution in [0, 0.1) is 6.92 Å². The number of amides is 1. The Labute approximate surface area is 167 Å². The summed E-state index contributed by atoms with van der Waals surface area (Å²) < 4.78 is 31.4. The number of carbonyl (C=O) groups is 1. The molecule has 0 spiro atoms. The van der Waals surface area contributed by atoms with Crippen LogP contribution in [0.4, 0.5) is 5.69 Å². The molecule has 0 aliphatic rings. The lowest BCUT2D eigenvalue weighted by Crippen LogP contribution is -2.30. The quantitative estimate of drug-likeness (QED) is 0.663. The highest BCUT2D eigenvalue weighted by atomic mass is 32.2. The zero-order chi connectivity index (χ0) is 21.0. The van der Waals surface area contributed by atoms with Gasteiger partial charge in [0.2, 0.25) is 15.7 Å². The van der Waals surface area contributed by atoms with Crippen molar-refractivity contribution in [2.45, 2.75) is 23.4 Å². The first-order chi connectivity index (χ1) is 13.8. The number of methoxy groups -OCH3 is 1. The molecule has 3 rings (SSSR count). The number of hydrogen-bond donors (Lipinski definition) is 1. The fourth-order valence-electron chi connectivity index (χ4n) is 2.54. The van der Waals surface area contributed by atoms with Gasteiger partial charge in [0.15, 0.2) is 5.03 Å².